The van der Waals surface area contributed by atoms with Crippen molar-refractivity contribution in [3.63, 3.8) is 0 Å². The van der Waals surface area contributed by atoms with E-state index in [1.165, 1.54) is 0 Å². The summed E-state index contributed by atoms with van der Waals surface area (Å²) in [5, 5.41) is 14.2. The normalized spacial score (nSPS) is 24.7. The van der Waals surface area contributed by atoms with Gasteiger partial charge < -0.3 is 10.4 Å². The molecule has 0 spiro atoms. The molecule has 1 saturated carbocycles. The third-order valence-electron chi connectivity index (χ3n) is 3.97. The second-order valence-corrected chi connectivity index (χ2v) is 5.47. The molecular weight excluding hydrogens is 278 g/mol. The number of H-pyrrole nitrogens is 1. The fourth-order valence-corrected chi connectivity index (χ4v) is 2.62. The molecule has 1 aliphatic carbocycles. The summed E-state index contributed by atoms with van der Waals surface area (Å²) in [6, 6.07) is 1.67. The lowest BCUT2D eigenvalue weighted by Gasteiger charge is -2.27. The first kappa shape index (κ1) is 15.0. The molecule has 1 aliphatic rings. The zero-order chi connectivity index (χ0) is 15.6. The molecule has 3 N–H and O–H groups in total. The molecule has 0 aromatic carbocycles. The molecule has 0 aliphatic heterocycles. The van der Waals surface area contributed by atoms with Crippen molar-refractivity contribution in [1.29, 1.82) is 0 Å². The summed E-state index contributed by atoms with van der Waals surface area (Å²) in [4.78, 5) is 45.9. The topological polar surface area (TPSA) is 121 Å². The average molecular weight is 295 g/mol. The first-order valence-corrected chi connectivity index (χ1v) is 6.66. The molecule has 8 nitrogen and oxygen atoms in total. The molecule has 0 radical (unpaired) electrons. The molecule has 2 atom stereocenters. The van der Waals surface area contributed by atoms with Gasteiger partial charge in [-0.1, -0.05) is 6.42 Å². The summed E-state index contributed by atoms with van der Waals surface area (Å²) < 4.78 is 0.894. The van der Waals surface area contributed by atoms with E-state index < -0.39 is 34.5 Å². The predicted octanol–water partition coefficient (Wildman–Crippen LogP) is -0.704. The SMILES string of the molecule is CC1(C(=O)O)CCCC1NC(=O)Cn1[nH]c(=O)ccc1=O. The Labute approximate surface area is 119 Å². The lowest BCUT2D eigenvalue weighted by molar-refractivity contribution is -0.149. The van der Waals surface area contributed by atoms with Crippen LogP contribution < -0.4 is 16.4 Å². The van der Waals surface area contributed by atoms with Gasteiger partial charge in [0.1, 0.15) is 6.54 Å². The Balaban J connectivity index is 2.08. The van der Waals surface area contributed by atoms with Gasteiger partial charge in [-0.3, -0.25) is 24.3 Å². The van der Waals surface area contributed by atoms with Gasteiger partial charge in [-0.15, -0.1) is 0 Å². The van der Waals surface area contributed by atoms with Gasteiger partial charge in [-0.2, -0.15) is 0 Å². The van der Waals surface area contributed by atoms with E-state index in [4.69, 9.17) is 0 Å². The third kappa shape index (κ3) is 3.04. The highest BCUT2D eigenvalue weighted by molar-refractivity contribution is 5.80. The zero-order valence-corrected chi connectivity index (χ0v) is 11.6. The summed E-state index contributed by atoms with van der Waals surface area (Å²) in [7, 11) is 0. The van der Waals surface area contributed by atoms with Gasteiger partial charge in [0.2, 0.25) is 5.91 Å². The van der Waals surface area contributed by atoms with Crippen LogP contribution >= 0.6 is 0 Å². The summed E-state index contributed by atoms with van der Waals surface area (Å²) in [5.74, 6) is -1.45. The van der Waals surface area contributed by atoms with E-state index in [0.29, 0.717) is 12.8 Å². The minimum Gasteiger partial charge on any atom is -0.481 e. The minimum atomic E-state index is -0.995. The maximum atomic E-state index is 12.0. The van der Waals surface area contributed by atoms with E-state index in [1.54, 1.807) is 6.92 Å². The van der Waals surface area contributed by atoms with E-state index in [2.05, 4.69) is 10.4 Å². The van der Waals surface area contributed by atoms with E-state index in [9.17, 15) is 24.3 Å². The molecule has 2 unspecified atom stereocenters. The van der Waals surface area contributed by atoms with Crippen LogP contribution in [0.4, 0.5) is 0 Å². The number of aliphatic carboxylic acids is 1. The van der Waals surface area contributed by atoms with Gasteiger partial charge in [0, 0.05) is 18.2 Å². The fourth-order valence-electron chi connectivity index (χ4n) is 2.62. The Kier molecular flexibility index (Phi) is 3.97. The standard InChI is InChI=1S/C13H17N3O5/c1-13(12(20)21)6-2-3-8(13)14-10(18)7-16-11(19)5-4-9(17)15-16/h4-5,8H,2-3,6-7H2,1H3,(H,14,18)(H,15,17)(H,20,21). The number of nitrogens with zero attached hydrogens (tertiary/aromatic N) is 1. The largest absolute Gasteiger partial charge is 0.481 e. The van der Waals surface area contributed by atoms with E-state index in [1.807, 2.05) is 0 Å². The van der Waals surface area contributed by atoms with Gasteiger partial charge in [-0.05, 0) is 19.8 Å². The fraction of sp³-hybridized carbons (Fsp3) is 0.538. The molecule has 1 heterocycles. The second kappa shape index (κ2) is 5.55. The summed E-state index contributed by atoms with van der Waals surface area (Å²) in [5.41, 5.74) is -1.99. The van der Waals surface area contributed by atoms with E-state index in [0.717, 1.165) is 23.2 Å². The number of carboxylic acids is 1. The Morgan fingerprint density at radius 1 is 1.48 bits per heavy atom. The number of hydrogen-bond acceptors (Lipinski definition) is 4. The average Bonchev–Trinajstić information content (AvgIpc) is 2.77. The highest BCUT2D eigenvalue weighted by Gasteiger charge is 2.45. The van der Waals surface area contributed by atoms with Crippen molar-refractivity contribution < 1.29 is 14.7 Å². The van der Waals surface area contributed by atoms with Crippen LogP contribution in [0.5, 0.6) is 0 Å². The second-order valence-electron chi connectivity index (χ2n) is 5.47. The number of aromatic amines is 1. The van der Waals surface area contributed by atoms with Crippen LogP contribution in [0.15, 0.2) is 21.7 Å². The monoisotopic (exact) mass is 295 g/mol. The first-order valence-electron chi connectivity index (χ1n) is 6.66. The van der Waals surface area contributed by atoms with Gasteiger partial charge >= 0.3 is 5.97 Å². The molecular formula is C13H17N3O5. The highest BCUT2D eigenvalue weighted by atomic mass is 16.4. The van der Waals surface area contributed by atoms with Crippen molar-refractivity contribution in [3.05, 3.63) is 32.8 Å². The van der Waals surface area contributed by atoms with Crippen LogP contribution in [0.2, 0.25) is 0 Å². The number of amides is 1. The number of carboxylic acid groups (broad SMARTS) is 1. The van der Waals surface area contributed by atoms with Crippen molar-refractivity contribution >= 4 is 11.9 Å². The number of aromatic nitrogens is 2. The maximum absolute atomic E-state index is 12.0. The molecule has 1 amide bonds. The van der Waals surface area contributed by atoms with Gasteiger partial charge in [0.05, 0.1) is 5.41 Å². The molecule has 21 heavy (non-hydrogen) atoms. The maximum Gasteiger partial charge on any atom is 0.311 e. The minimum absolute atomic E-state index is 0.346. The lowest BCUT2D eigenvalue weighted by atomic mass is 9.85. The van der Waals surface area contributed by atoms with Crippen LogP contribution in [0, 0.1) is 5.41 Å². The van der Waals surface area contributed by atoms with Crippen molar-refractivity contribution in [3.8, 4) is 0 Å². The summed E-state index contributed by atoms with van der Waals surface area (Å²) >= 11 is 0. The van der Waals surface area contributed by atoms with Crippen LogP contribution in [0.1, 0.15) is 26.2 Å². The van der Waals surface area contributed by atoms with Crippen LogP contribution in [-0.2, 0) is 16.1 Å². The van der Waals surface area contributed by atoms with E-state index in [-0.39, 0.29) is 6.54 Å². The molecule has 1 aromatic rings. The van der Waals surface area contributed by atoms with Crippen LogP contribution in [-0.4, -0.2) is 32.8 Å². The zero-order valence-electron chi connectivity index (χ0n) is 11.6. The Bertz CT molecular complexity index is 677. The van der Waals surface area contributed by atoms with Crippen molar-refractivity contribution in [1.82, 2.24) is 15.1 Å². The first-order chi connectivity index (χ1) is 9.83. The van der Waals surface area contributed by atoms with Crippen LogP contribution in [0.25, 0.3) is 0 Å². The van der Waals surface area contributed by atoms with Gasteiger partial charge in [-0.25, -0.2) is 4.68 Å². The molecule has 0 bridgehead atoms. The quantitative estimate of drug-likeness (QED) is 0.678. The Hall–Kier alpha value is -2.38. The third-order valence-corrected chi connectivity index (χ3v) is 3.97. The number of carbonyl (C=O) groups is 2. The summed E-state index contributed by atoms with van der Waals surface area (Å²) in [6.45, 7) is 1.25. The molecule has 0 saturated heterocycles. The smallest absolute Gasteiger partial charge is 0.311 e. The lowest BCUT2D eigenvalue weighted by Crippen LogP contribution is -2.48. The molecule has 2 rings (SSSR count). The Morgan fingerprint density at radius 3 is 2.86 bits per heavy atom. The van der Waals surface area contributed by atoms with E-state index >= 15 is 0 Å². The molecule has 8 heteroatoms. The summed E-state index contributed by atoms with van der Waals surface area (Å²) in [6.07, 6.45) is 1.79. The number of hydrogen-bond donors (Lipinski definition) is 3. The Morgan fingerprint density at radius 2 is 2.19 bits per heavy atom. The molecule has 1 aromatic heterocycles. The number of nitrogens with one attached hydrogen (secondary N) is 2. The van der Waals surface area contributed by atoms with Gasteiger partial charge in [0.25, 0.3) is 11.1 Å². The van der Waals surface area contributed by atoms with Crippen LogP contribution in [0.3, 0.4) is 0 Å². The highest BCUT2D eigenvalue weighted by Crippen LogP contribution is 2.38. The van der Waals surface area contributed by atoms with Gasteiger partial charge in [0.15, 0.2) is 0 Å². The van der Waals surface area contributed by atoms with Crippen molar-refractivity contribution in [2.75, 3.05) is 0 Å². The van der Waals surface area contributed by atoms with Crippen molar-refractivity contribution in [2.24, 2.45) is 5.41 Å². The number of rotatable bonds is 4. The molecule has 1 fully saturated rings. The predicted molar refractivity (Wildman–Crippen MR) is 72.8 cm³/mol. The number of carbonyl (C=O) groups excluding carboxylic acids is 1. The van der Waals surface area contributed by atoms with Crippen molar-refractivity contribution in [2.45, 2.75) is 38.8 Å². The molecule has 114 valence electrons.